The van der Waals surface area contributed by atoms with Crippen molar-refractivity contribution in [1.29, 1.82) is 0 Å². The number of hydrogen-bond donors (Lipinski definition) is 1. The van der Waals surface area contributed by atoms with Gasteiger partial charge < -0.3 is 19.5 Å². The monoisotopic (exact) mass is 257 g/mol. The molecule has 1 aliphatic heterocycles. The summed E-state index contributed by atoms with van der Waals surface area (Å²) in [5.41, 5.74) is 0. The third-order valence-electron chi connectivity index (χ3n) is 3.57. The van der Waals surface area contributed by atoms with E-state index in [-0.39, 0.29) is 17.9 Å². The molecule has 0 aromatic heterocycles. The molecule has 1 amide bonds. The molecular weight excluding hydrogens is 238 g/mol. The standard InChI is InChI=1S/C12H19NO5/c1-3-17-11(15)9-8-7(14)5-6-13(10(8)9)12(16)18-4-2/h7-10,14H,3-6H2,1-2H3/t7-,8+,9+,10+/m0/s1. The second-order valence-electron chi connectivity index (χ2n) is 4.59. The van der Waals surface area contributed by atoms with Crippen LogP contribution >= 0.6 is 0 Å². The molecule has 1 heterocycles. The van der Waals surface area contributed by atoms with Crippen molar-refractivity contribution in [2.75, 3.05) is 19.8 Å². The van der Waals surface area contributed by atoms with Crippen LogP contribution in [0, 0.1) is 11.8 Å². The van der Waals surface area contributed by atoms with Crippen LogP contribution in [-0.2, 0) is 14.3 Å². The molecule has 2 fully saturated rings. The molecule has 1 saturated carbocycles. The van der Waals surface area contributed by atoms with Crippen molar-refractivity contribution in [3.05, 3.63) is 0 Å². The van der Waals surface area contributed by atoms with Gasteiger partial charge >= 0.3 is 12.1 Å². The molecule has 0 aromatic rings. The molecule has 18 heavy (non-hydrogen) atoms. The van der Waals surface area contributed by atoms with Gasteiger partial charge in [-0.15, -0.1) is 0 Å². The molecule has 2 rings (SSSR count). The van der Waals surface area contributed by atoms with Gasteiger partial charge in [-0.05, 0) is 20.3 Å². The first-order valence-corrected chi connectivity index (χ1v) is 6.39. The molecule has 2 aliphatic rings. The number of aliphatic hydroxyl groups is 1. The third-order valence-corrected chi connectivity index (χ3v) is 3.57. The number of rotatable bonds is 3. The maximum atomic E-state index is 11.7. The maximum absolute atomic E-state index is 11.7. The molecule has 0 spiro atoms. The molecule has 6 heteroatoms. The summed E-state index contributed by atoms with van der Waals surface area (Å²) in [6.45, 7) is 4.52. The zero-order chi connectivity index (χ0) is 13.3. The molecule has 102 valence electrons. The molecule has 1 N–H and O–H groups in total. The van der Waals surface area contributed by atoms with Crippen molar-refractivity contribution < 1.29 is 24.2 Å². The van der Waals surface area contributed by atoms with Crippen LogP contribution in [0.5, 0.6) is 0 Å². The van der Waals surface area contributed by atoms with Crippen molar-refractivity contribution in [3.8, 4) is 0 Å². The number of piperidine rings is 1. The van der Waals surface area contributed by atoms with Crippen molar-refractivity contribution in [2.24, 2.45) is 11.8 Å². The lowest BCUT2D eigenvalue weighted by molar-refractivity contribution is -0.145. The lowest BCUT2D eigenvalue weighted by Gasteiger charge is -2.27. The van der Waals surface area contributed by atoms with E-state index in [1.165, 1.54) is 0 Å². The van der Waals surface area contributed by atoms with Gasteiger partial charge in [0.2, 0.25) is 0 Å². The van der Waals surface area contributed by atoms with E-state index in [1.54, 1.807) is 18.7 Å². The van der Waals surface area contributed by atoms with E-state index >= 15 is 0 Å². The van der Waals surface area contributed by atoms with Gasteiger partial charge in [-0.25, -0.2) is 4.79 Å². The highest BCUT2D eigenvalue weighted by molar-refractivity contribution is 5.80. The zero-order valence-electron chi connectivity index (χ0n) is 10.7. The Hall–Kier alpha value is -1.30. The number of hydrogen-bond acceptors (Lipinski definition) is 5. The SMILES string of the molecule is CCOC(=O)[C@@H]1[C@@H]2[C@H]1N(C(=O)OCC)CC[C@@H]2O. The number of esters is 1. The molecule has 0 bridgehead atoms. The Labute approximate surface area is 106 Å². The normalized spacial score (nSPS) is 33.6. The maximum Gasteiger partial charge on any atom is 0.410 e. The fourth-order valence-electron chi connectivity index (χ4n) is 2.75. The molecule has 0 radical (unpaired) electrons. The first-order valence-electron chi connectivity index (χ1n) is 6.39. The molecular formula is C12H19NO5. The number of aliphatic hydroxyl groups excluding tert-OH is 1. The highest BCUT2D eigenvalue weighted by atomic mass is 16.6. The smallest absolute Gasteiger partial charge is 0.410 e. The average Bonchev–Trinajstić information content (AvgIpc) is 3.06. The fraction of sp³-hybridized carbons (Fsp3) is 0.833. The molecule has 0 aromatic carbocycles. The highest BCUT2D eigenvalue weighted by Crippen LogP contribution is 2.50. The average molecular weight is 257 g/mol. The Balaban J connectivity index is 2.04. The minimum atomic E-state index is -0.532. The van der Waals surface area contributed by atoms with E-state index in [2.05, 4.69) is 0 Å². The first kappa shape index (κ1) is 13.1. The van der Waals surface area contributed by atoms with Crippen LogP contribution in [0.3, 0.4) is 0 Å². The summed E-state index contributed by atoms with van der Waals surface area (Å²) < 4.78 is 9.92. The minimum Gasteiger partial charge on any atom is -0.466 e. The quantitative estimate of drug-likeness (QED) is 0.740. The predicted molar refractivity (Wildman–Crippen MR) is 61.8 cm³/mol. The van der Waals surface area contributed by atoms with Crippen LogP contribution in [0.2, 0.25) is 0 Å². The number of carbonyl (C=O) groups is 2. The largest absolute Gasteiger partial charge is 0.466 e. The summed E-state index contributed by atoms with van der Waals surface area (Å²) in [6.07, 6.45) is -0.461. The van der Waals surface area contributed by atoms with E-state index < -0.39 is 18.1 Å². The highest BCUT2D eigenvalue weighted by Gasteiger charge is 2.64. The summed E-state index contributed by atoms with van der Waals surface area (Å²) in [5.74, 6) is -0.920. The van der Waals surface area contributed by atoms with Gasteiger partial charge in [0.05, 0.1) is 31.3 Å². The molecule has 1 aliphatic carbocycles. The van der Waals surface area contributed by atoms with Crippen molar-refractivity contribution >= 4 is 12.1 Å². The van der Waals surface area contributed by atoms with Crippen molar-refractivity contribution in [3.63, 3.8) is 0 Å². The molecule has 6 nitrogen and oxygen atoms in total. The summed E-state index contributed by atoms with van der Waals surface area (Å²) in [6, 6.07) is -0.258. The molecule has 0 unspecified atom stereocenters. The summed E-state index contributed by atoms with van der Waals surface area (Å²) in [5, 5.41) is 9.85. The minimum absolute atomic E-state index is 0.192. The second kappa shape index (κ2) is 5.14. The Morgan fingerprint density at radius 3 is 2.56 bits per heavy atom. The van der Waals surface area contributed by atoms with Crippen LogP contribution in [0.4, 0.5) is 4.79 Å². The number of ether oxygens (including phenoxy) is 2. The van der Waals surface area contributed by atoms with Crippen LogP contribution in [0.1, 0.15) is 20.3 Å². The number of amides is 1. The summed E-state index contributed by atoms with van der Waals surface area (Å²) >= 11 is 0. The number of nitrogens with zero attached hydrogens (tertiary/aromatic N) is 1. The second-order valence-corrected chi connectivity index (χ2v) is 4.59. The fourth-order valence-corrected chi connectivity index (χ4v) is 2.75. The van der Waals surface area contributed by atoms with Crippen molar-refractivity contribution in [1.82, 2.24) is 4.90 Å². The van der Waals surface area contributed by atoms with Crippen molar-refractivity contribution in [2.45, 2.75) is 32.4 Å². The van der Waals surface area contributed by atoms with Crippen LogP contribution in [0.15, 0.2) is 0 Å². The summed E-state index contributed by atoms with van der Waals surface area (Å²) in [7, 11) is 0. The number of likely N-dealkylation sites (tertiary alicyclic amines) is 1. The van der Waals surface area contributed by atoms with Gasteiger partial charge in [-0.1, -0.05) is 0 Å². The third kappa shape index (κ3) is 2.16. The molecule has 4 atom stereocenters. The van der Waals surface area contributed by atoms with Crippen LogP contribution < -0.4 is 0 Å². The lowest BCUT2D eigenvalue weighted by Crippen LogP contribution is -2.42. The van der Waals surface area contributed by atoms with Gasteiger partial charge in [0.1, 0.15) is 0 Å². The van der Waals surface area contributed by atoms with Gasteiger partial charge in [-0.2, -0.15) is 0 Å². The van der Waals surface area contributed by atoms with Gasteiger partial charge in [0, 0.05) is 12.5 Å². The van der Waals surface area contributed by atoms with E-state index in [0.717, 1.165) is 0 Å². The summed E-state index contributed by atoms with van der Waals surface area (Å²) in [4.78, 5) is 25.0. The van der Waals surface area contributed by atoms with Gasteiger partial charge in [0.15, 0.2) is 0 Å². The van der Waals surface area contributed by atoms with E-state index in [0.29, 0.717) is 26.2 Å². The number of carbonyl (C=O) groups excluding carboxylic acids is 2. The van der Waals surface area contributed by atoms with Gasteiger partial charge in [0.25, 0.3) is 0 Å². The van der Waals surface area contributed by atoms with Crippen LogP contribution in [0.25, 0.3) is 0 Å². The topological polar surface area (TPSA) is 76.1 Å². The Bertz CT molecular complexity index is 345. The predicted octanol–water partition coefficient (Wildman–Crippen LogP) is 0.387. The van der Waals surface area contributed by atoms with E-state index in [4.69, 9.17) is 9.47 Å². The van der Waals surface area contributed by atoms with E-state index in [1.807, 2.05) is 0 Å². The van der Waals surface area contributed by atoms with Gasteiger partial charge in [-0.3, -0.25) is 4.79 Å². The Morgan fingerprint density at radius 1 is 1.28 bits per heavy atom. The van der Waals surface area contributed by atoms with Crippen LogP contribution in [-0.4, -0.2) is 54.0 Å². The zero-order valence-corrected chi connectivity index (χ0v) is 10.7. The number of fused-ring (bicyclic) bond motifs is 1. The Morgan fingerprint density at radius 2 is 1.94 bits per heavy atom. The first-order chi connectivity index (χ1) is 8.61. The molecule has 1 saturated heterocycles. The lowest BCUT2D eigenvalue weighted by atomic mass is 10.1. The Kier molecular flexibility index (Phi) is 3.75. The van der Waals surface area contributed by atoms with E-state index in [9.17, 15) is 14.7 Å².